The van der Waals surface area contributed by atoms with Gasteiger partial charge in [-0.2, -0.15) is 0 Å². The molecule has 0 bridgehead atoms. The number of hydrogen-bond donors (Lipinski definition) is 2. The predicted molar refractivity (Wildman–Crippen MR) is 97.0 cm³/mol. The highest BCUT2D eigenvalue weighted by Gasteiger charge is 2.21. The van der Waals surface area contributed by atoms with E-state index in [1.165, 1.54) is 0 Å². The minimum absolute atomic E-state index is 0.191. The molecule has 1 atom stereocenters. The second kappa shape index (κ2) is 10.2. The number of benzene rings is 1. The summed E-state index contributed by atoms with van der Waals surface area (Å²) in [5.74, 6) is -0.694. The lowest BCUT2D eigenvalue weighted by Gasteiger charge is -2.31. The summed E-state index contributed by atoms with van der Waals surface area (Å²) in [5, 5.41) is 5.51. The molecule has 1 heterocycles. The maximum Gasteiger partial charge on any atom is 0.309 e. The van der Waals surface area contributed by atoms with Gasteiger partial charge in [0.15, 0.2) is 0 Å². The van der Waals surface area contributed by atoms with Crippen molar-refractivity contribution >= 4 is 11.8 Å². The molecule has 1 fully saturated rings. The van der Waals surface area contributed by atoms with Gasteiger partial charge < -0.3 is 20.3 Å². The van der Waals surface area contributed by atoms with E-state index >= 15 is 0 Å². The number of nitrogens with one attached hydrogen (secondary N) is 2. The molecular formula is C19H29N3O3. The molecule has 0 unspecified atom stereocenters. The second-order valence-corrected chi connectivity index (χ2v) is 6.59. The van der Waals surface area contributed by atoms with Crippen LogP contribution < -0.4 is 10.6 Å². The van der Waals surface area contributed by atoms with E-state index in [4.69, 9.17) is 4.74 Å². The third-order valence-electron chi connectivity index (χ3n) is 4.72. The molecule has 25 heavy (non-hydrogen) atoms. The molecule has 1 aromatic rings. The van der Waals surface area contributed by atoms with Crippen molar-refractivity contribution in [2.24, 2.45) is 5.92 Å². The maximum absolute atomic E-state index is 12.0. The van der Waals surface area contributed by atoms with Gasteiger partial charge in [0.05, 0.1) is 12.6 Å². The van der Waals surface area contributed by atoms with Crippen LogP contribution in [0.1, 0.15) is 31.4 Å². The standard InChI is InChI=1S/C19H29N3O3/c1-15(17-6-4-3-5-7-17)21-19(24)18(23)20-14-16-8-10-22(11-9-16)12-13-25-2/h3-7,15-16H,8-14H2,1-2H3,(H,20,23)(H,21,24)/t15-/m0/s1. The lowest BCUT2D eigenvalue weighted by Crippen LogP contribution is -2.44. The van der Waals surface area contributed by atoms with Crippen LogP contribution in [-0.2, 0) is 14.3 Å². The van der Waals surface area contributed by atoms with Gasteiger partial charge in [0.1, 0.15) is 0 Å². The molecule has 1 saturated heterocycles. The van der Waals surface area contributed by atoms with E-state index in [0.29, 0.717) is 12.5 Å². The minimum atomic E-state index is -0.575. The SMILES string of the molecule is COCCN1CCC(CNC(=O)C(=O)N[C@@H](C)c2ccccc2)CC1. The van der Waals surface area contributed by atoms with E-state index in [-0.39, 0.29) is 6.04 Å². The summed E-state index contributed by atoms with van der Waals surface area (Å²) in [6.45, 7) is 6.17. The number of likely N-dealkylation sites (tertiary alicyclic amines) is 1. The fraction of sp³-hybridized carbons (Fsp3) is 0.579. The third-order valence-corrected chi connectivity index (χ3v) is 4.72. The van der Waals surface area contributed by atoms with Gasteiger partial charge in [-0.1, -0.05) is 30.3 Å². The normalized spacial score (nSPS) is 17.0. The summed E-state index contributed by atoms with van der Waals surface area (Å²) in [6.07, 6.45) is 2.07. The largest absolute Gasteiger partial charge is 0.383 e. The predicted octanol–water partition coefficient (Wildman–Crippen LogP) is 1.34. The zero-order valence-electron chi connectivity index (χ0n) is 15.2. The lowest BCUT2D eigenvalue weighted by atomic mass is 9.97. The summed E-state index contributed by atoms with van der Waals surface area (Å²) >= 11 is 0. The molecule has 2 amide bonds. The van der Waals surface area contributed by atoms with Crippen LogP contribution in [0.2, 0.25) is 0 Å². The number of rotatable bonds is 7. The quantitative estimate of drug-likeness (QED) is 0.730. The van der Waals surface area contributed by atoms with Gasteiger partial charge in [-0.05, 0) is 44.3 Å². The molecule has 138 valence electrons. The number of ether oxygens (including phenoxy) is 1. The molecule has 6 heteroatoms. The smallest absolute Gasteiger partial charge is 0.309 e. The Hall–Kier alpha value is -1.92. The summed E-state index contributed by atoms with van der Waals surface area (Å²) < 4.78 is 5.10. The van der Waals surface area contributed by atoms with E-state index < -0.39 is 11.8 Å². The van der Waals surface area contributed by atoms with Crippen LogP contribution in [0.25, 0.3) is 0 Å². The van der Waals surface area contributed by atoms with E-state index in [1.54, 1.807) is 7.11 Å². The highest BCUT2D eigenvalue weighted by Crippen LogP contribution is 2.16. The van der Waals surface area contributed by atoms with Crippen molar-refractivity contribution in [3.8, 4) is 0 Å². The summed E-state index contributed by atoms with van der Waals surface area (Å²) in [5.41, 5.74) is 0.979. The molecule has 1 aliphatic rings. The van der Waals surface area contributed by atoms with Gasteiger partial charge in [0.2, 0.25) is 0 Å². The fourth-order valence-electron chi connectivity index (χ4n) is 3.04. The monoisotopic (exact) mass is 347 g/mol. The highest BCUT2D eigenvalue weighted by molar-refractivity contribution is 6.35. The summed E-state index contributed by atoms with van der Waals surface area (Å²) in [6, 6.07) is 9.42. The zero-order valence-corrected chi connectivity index (χ0v) is 15.2. The van der Waals surface area contributed by atoms with Crippen LogP contribution in [0.4, 0.5) is 0 Å². The number of carbonyl (C=O) groups excluding carboxylic acids is 2. The number of methoxy groups -OCH3 is 1. The van der Waals surface area contributed by atoms with Crippen molar-refractivity contribution in [3.63, 3.8) is 0 Å². The first kappa shape index (κ1) is 19.4. The Bertz CT molecular complexity index is 542. The molecule has 0 radical (unpaired) electrons. The van der Waals surface area contributed by atoms with Gasteiger partial charge in [0.25, 0.3) is 0 Å². The van der Waals surface area contributed by atoms with E-state index in [9.17, 15) is 9.59 Å². The first-order valence-corrected chi connectivity index (χ1v) is 8.95. The van der Waals surface area contributed by atoms with Crippen LogP contribution >= 0.6 is 0 Å². The number of hydrogen-bond acceptors (Lipinski definition) is 4. The van der Waals surface area contributed by atoms with Crippen molar-refractivity contribution in [2.45, 2.75) is 25.8 Å². The van der Waals surface area contributed by atoms with E-state index in [2.05, 4.69) is 15.5 Å². The van der Waals surface area contributed by atoms with Crippen molar-refractivity contribution in [1.29, 1.82) is 0 Å². The zero-order chi connectivity index (χ0) is 18.1. The van der Waals surface area contributed by atoms with Gasteiger partial charge in [0, 0.05) is 20.2 Å². The van der Waals surface area contributed by atoms with Crippen LogP contribution in [0, 0.1) is 5.92 Å². The van der Waals surface area contributed by atoms with Crippen molar-refractivity contribution in [1.82, 2.24) is 15.5 Å². The Balaban J connectivity index is 1.67. The van der Waals surface area contributed by atoms with Crippen LogP contribution in [-0.4, -0.2) is 56.6 Å². The molecule has 0 saturated carbocycles. The molecule has 0 aliphatic carbocycles. The molecule has 6 nitrogen and oxygen atoms in total. The number of amides is 2. The van der Waals surface area contributed by atoms with Crippen LogP contribution in [0.5, 0.6) is 0 Å². The molecular weight excluding hydrogens is 318 g/mol. The van der Waals surface area contributed by atoms with Crippen molar-refractivity contribution in [2.75, 3.05) is 39.9 Å². The first-order valence-electron chi connectivity index (χ1n) is 8.95. The van der Waals surface area contributed by atoms with E-state index in [0.717, 1.165) is 44.6 Å². The van der Waals surface area contributed by atoms with Gasteiger partial charge in [-0.25, -0.2) is 0 Å². The topological polar surface area (TPSA) is 70.7 Å². The molecule has 1 aliphatic heterocycles. The second-order valence-electron chi connectivity index (χ2n) is 6.59. The molecule has 0 aromatic heterocycles. The van der Waals surface area contributed by atoms with E-state index in [1.807, 2.05) is 37.3 Å². The summed E-state index contributed by atoms with van der Waals surface area (Å²) in [7, 11) is 1.71. The third kappa shape index (κ3) is 6.48. The maximum atomic E-state index is 12.0. The van der Waals surface area contributed by atoms with Crippen LogP contribution in [0.3, 0.4) is 0 Å². The molecule has 2 rings (SSSR count). The fourth-order valence-corrected chi connectivity index (χ4v) is 3.04. The lowest BCUT2D eigenvalue weighted by molar-refractivity contribution is -0.139. The van der Waals surface area contributed by atoms with Crippen LogP contribution in [0.15, 0.2) is 30.3 Å². The Labute approximate surface area is 149 Å². The number of piperidine rings is 1. The Morgan fingerprint density at radius 1 is 1.20 bits per heavy atom. The Morgan fingerprint density at radius 3 is 2.52 bits per heavy atom. The molecule has 0 spiro atoms. The van der Waals surface area contributed by atoms with Gasteiger partial charge in [-0.15, -0.1) is 0 Å². The van der Waals surface area contributed by atoms with Crippen molar-refractivity contribution < 1.29 is 14.3 Å². The number of carbonyl (C=O) groups is 2. The number of nitrogens with zero attached hydrogens (tertiary/aromatic N) is 1. The summed E-state index contributed by atoms with van der Waals surface area (Å²) in [4.78, 5) is 26.4. The first-order chi connectivity index (χ1) is 12.1. The minimum Gasteiger partial charge on any atom is -0.383 e. The molecule has 2 N–H and O–H groups in total. The van der Waals surface area contributed by atoms with Gasteiger partial charge >= 0.3 is 11.8 Å². The molecule has 1 aromatic carbocycles. The highest BCUT2D eigenvalue weighted by atomic mass is 16.5. The average molecular weight is 347 g/mol. The Morgan fingerprint density at radius 2 is 1.88 bits per heavy atom. The van der Waals surface area contributed by atoms with Gasteiger partial charge in [-0.3, -0.25) is 9.59 Å². The van der Waals surface area contributed by atoms with Crippen molar-refractivity contribution in [3.05, 3.63) is 35.9 Å². The Kier molecular flexibility index (Phi) is 7.88. The average Bonchev–Trinajstić information content (AvgIpc) is 2.65.